The lowest BCUT2D eigenvalue weighted by Gasteiger charge is -2.25. The highest BCUT2D eigenvalue weighted by atomic mass is 32.2. The van der Waals surface area contributed by atoms with Crippen LogP contribution in [-0.2, 0) is 21.2 Å². The summed E-state index contributed by atoms with van der Waals surface area (Å²) in [4.78, 5) is 28.7. The molecule has 2 aromatic rings. The maximum Gasteiger partial charge on any atom is 0.264 e. The van der Waals surface area contributed by atoms with E-state index in [1.54, 1.807) is 0 Å². The molecule has 1 saturated carbocycles. The molecule has 1 aliphatic rings. The van der Waals surface area contributed by atoms with Gasteiger partial charge in [0.2, 0.25) is 0 Å². The third-order valence-corrected chi connectivity index (χ3v) is 7.86. The van der Waals surface area contributed by atoms with E-state index in [-0.39, 0.29) is 47.9 Å². The Labute approximate surface area is 189 Å². The normalized spacial score (nSPS) is 18.9. The van der Waals surface area contributed by atoms with Crippen molar-refractivity contribution in [2.24, 2.45) is 11.8 Å². The number of aromatic nitrogens is 2. The topological polar surface area (TPSA) is 139 Å². The minimum absolute atomic E-state index is 0.0141. The second kappa shape index (κ2) is 9.32. The summed E-state index contributed by atoms with van der Waals surface area (Å²) in [6, 6.07) is 2.69. The minimum atomic E-state index is -3.94. The first-order valence-corrected chi connectivity index (χ1v) is 11.9. The Hall–Kier alpha value is -3.25. The second-order valence-electron chi connectivity index (χ2n) is 8.06. The fourth-order valence-corrected chi connectivity index (χ4v) is 4.07. The molecular weight excluding hydrogens is 453 g/mol. The molecule has 1 aliphatic carbocycles. The van der Waals surface area contributed by atoms with Gasteiger partial charge in [-0.15, -0.1) is 0 Å². The van der Waals surface area contributed by atoms with Gasteiger partial charge in [-0.2, -0.15) is 0 Å². The number of hydroxylamine groups is 1. The highest BCUT2D eigenvalue weighted by Crippen LogP contribution is 2.36. The number of nitrogens with zero attached hydrogens (tertiary/aromatic N) is 2. The summed E-state index contributed by atoms with van der Waals surface area (Å²) < 4.78 is 38.1. The Kier molecular flexibility index (Phi) is 6.89. The number of hydrogen-bond donors (Lipinski definition) is 3. The van der Waals surface area contributed by atoms with Gasteiger partial charge < -0.3 is 5.11 Å². The average molecular weight is 475 g/mol. The van der Waals surface area contributed by atoms with Crippen LogP contribution in [0, 0.1) is 41.3 Å². The molecule has 11 heteroatoms. The van der Waals surface area contributed by atoms with Gasteiger partial charge in [-0.05, 0) is 55.6 Å². The molecule has 1 unspecified atom stereocenters. The third-order valence-electron chi connectivity index (χ3n) is 5.84. The Morgan fingerprint density at radius 3 is 2.73 bits per heavy atom. The lowest BCUT2D eigenvalue weighted by atomic mass is 10.1. The number of nitrogens with one attached hydrogen (secondary N) is 1. The van der Waals surface area contributed by atoms with Crippen LogP contribution >= 0.6 is 0 Å². The molecule has 1 aromatic carbocycles. The summed E-state index contributed by atoms with van der Waals surface area (Å²) in [5.74, 6) is 9.05. The molecule has 3 N–H and O–H groups in total. The molecule has 0 bridgehead atoms. The Bertz CT molecular complexity index is 1400. The third kappa shape index (κ3) is 4.91. The molecule has 1 amide bonds. The SMILES string of the molecule is CC(CCn1cnc2c(F)c(C#CC#C[C@H]3C[C@@H]3CO)ccc2c1=O)(C(=O)NO)S(C)(=O)=O. The minimum Gasteiger partial charge on any atom is -0.396 e. The first-order valence-electron chi connectivity index (χ1n) is 9.97. The zero-order valence-corrected chi connectivity index (χ0v) is 18.7. The number of carbonyl (C=O) groups is 1. The van der Waals surface area contributed by atoms with E-state index in [9.17, 15) is 22.4 Å². The molecule has 0 spiro atoms. The Morgan fingerprint density at radius 1 is 1.39 bits per heavy atom. The molecule has 1 heterocycles. The van der Waals surface area contributed by atoms with Crippen molar-refractivity contribution in [2.45, 2.75) is 31.1 Å². The summed E-state index contributed by atoms with van der Waals surface area (Å²) in [5, 5.41) is 17.9. The van der Waals surface area contributed by atoms with Crippen LogP contribution in [-0.4, -0.2) is 51.8 Å². The Morgan fingerprint density at radius 2 is 2.12 bits per heavy atom. The van der Waals surface area contributed by atoms with Crippen LogP contribution in [0.1, 0.15) is 25.3 Å². The van der Waals surface area contributed by atoms with Crippen LogP contribution in [0.2, 0.25) is 0 Å². The molecule has 3 rings (SSSR count). The van der Waals surface area contributed by atoms with Crippen LogP contribution in [0.4, 0.5) is 4.39 Å². The van der Waals surface area contributed by atoms with Gasteiger partial charge in [0.1, 0.15) is 5.52 Å². The zero-order valence-electron chi connectivity index (χ0n) is 17.9. The molecule has 1 aromatic heterocycles. The smallest absolute Gasteiger partial charge is 0.264 e. The number of benzene rings is 1. The van der Waals surface area contributed by atoms with E-state index in [4.69, 9.17) is 10.3 Å². The van der Waals surface area contributed by atoms with Crippen molar-refractivity contribution in [3.8, 4) is 23.7 Å². The van der Waals surface area contributed by atoms with E-state index < -0.39 is 31.9 Å². The molecule has 0 saturated heterocycles. The lowest BCUT2D eigenvalue weighted by molar-refractivity contribution is -0.131. The second-order valence-corrected chi connectivity index (χ2v) is 10.5. The van der Waals surface area contributed by atoms with Crippen molar-refractivity contribution in [1.29, 1.82) is 0 Å². The van der Waals surface area contributed by atoms with E-state index in [1.807, 2.05) is 0 Å². The summed E-state index contributed by atoms with van der Waals surface area (Å²) in [6.07, 6.45) is 2.40. The van der Waals surface area contributed by atoms with E-state index in [0.717, 1.165) is 30.5 Å². The fourth-order valence-electron chi connectivity index (χ4n) is 3.23. The molecular formula is C22H22FN3O6S. The fraction of sp³-hybridized carbons (Fsp3) is 0.409. The number of aryl methyl sites for hydroxylation is 1. The largest absolute Gasteiger partial charge is 0.396 e. The highest BCUT2D eigenvalue weighted by Gasteiger charge is 2.43. The zero-order chi connectivity index (χ0) is 24.4. The number of hydrogen-bond acceptors (Lipinski definition) is 7. The van der Waals surface area contributed by atoms with Crippen LogP contribution in [0.5, 0.6) is 0 Å². The van der Waals surface area contributed by atoms with Gasteiger partial charge in [0.05, 0.1) is 17.3 Å². The van der Waals surface area contributed by atoms with Crippen molar-refractivity contribution in [3.63, 3.8) is 0 Å². The van der Waals surface area contributed by atoms with Gasteiger partial charge in [-0.25, -0.2) is 23.3 Å². The molecule has 3 atom stereocenters. The van der Waals surface area contributed by atoms with Gasteiger partial charge in [0, 0.05) is 25.3 Å². The van der Waals surface area contributed by atoms with Crippen LogP contribution < -0.4 is 11.0 Å². The monoisotopic (exact) mass is 475 g/mol. The summed E-state index contributed by atoms with van der Waals surface area (Å²) in [7, 11) is -3.94. The van der Waals surface area contributed by atoms with Crippen LogP contribution in [0.15, 0.2) is 23.3 Å². The molecule has 1 fully saturated rings. The van der Waals surface area contributed by atoms with Gasteiger partial charge in [-0.3, -0.25) is 19.4 Å². The number of rotatable bonds is 6. The van der Waals surface area contributed by atoms with Crippen molar-refractivity contribution in [3.05, 3.63) is 40.2 Å². The van der Waals surface area contributed by atoms with Crippen LogP contribution in [0.25, 0.3) is 10.9 Å². The number of halogens is 1. The standard InChI is InChI=1S/C22H22FN3O6S/c1-22(21(29)25-30,33(2,31)32)9-10-26-13-24-19-17(20(26)28)8-7-14(18(19)23)5-3-4-6-15-11-16(15)12-27/h7-8,13,15-16,27,30H,9-12H2,1-2H3,(H,25,29)/t15-,16+,22?/m0/s1. The quantitative estimate of drug-likeness (QED) is 0.309. The molecule has 174 valence electrons. The first-order chi connectivity index (χ1) is 15.5. The number of fused-ring (bicyclic) bond motifs is 1. The van der Waals surface area contributed by atoms with Gasteiger partial charge in [0.25, 0.3) is 11.5 Å². The van der Waals surface area contributed by atoms with E-state index in [1.165, 1.54) is 17.6 Å². The van der Waals surface area contributed by atoms with Crippen molar-refractivity contribution >= 4 is 26.6 Å². The number of aliphatic hydroxyl groups is 1. The average Bonchev–Trinajstić information content (AvgIpc) is 3.54. The molecule has 33 heavy (non-hydrogen) atoms. The summed E-state index contributed by atoms with van der Waals surface area (Å²) in [6.45, 7) is 0.999. The number of sulfone groups is 1. The van der Waals surface area contributed by atoms with Gasteiger partial charge in [0.15, 0.2) is 20.4 Å². The maximum absolute atomic E-state index is 14.8. The molecule has 0 aliphatic heterocycles. The van der Waals surface area contributed by atoms with E-state index in [0.29, 0.717) is 0 Å². The Balaban J connectivity index is 1.86. The van der Waals surface area contributed by atoms with E-state index >= 15 is 0 Å². The number of carbonyl (C=O) groups excluding carboxylic acids is 1. The lowest BCUT2D eigenvalue weighted by Crippen LogP contribution is -2.50. The predicted molar refractivity (Wildman–Crippen MR) is 117 cm³/mol. The number of aliphatic hydroxyl groups excluding tert-OH is 1. The highest BCUT2D eigenvalue weighted by molar-refractivity contribution is 7.92. The summed E-state index contributed by atoms with van der Waals surface area (Å²) >= 11 is 0. The van der Waals surface area contributed by atoms with Crippen LogP contribution in [0.3, 0.4) is 0 Å². The molecule has 9 nitrogen and oxygen atoms in total. The summed E-state index contributed by atoms with van der Waals surface area (Å²) in [5.41, 5.74) is 0.532. The van der Waals surface area contributed by atoms with E-state index in [2.05, 4.69) is 28.7 Å². The maximum atomic E-state index is 14.8. The van der Waals surface area contributed by atoms with Gasteiger partial charge >= 0.3 is 0 Å². The predicted octanol–water partition coefficient (Wildman–Crippen LogP) is 0.218. The first kappa shape index (κ1) is 24.4. The van der Waals surface area contributed by atoms with Crippen molar-refractivity contribution < 1.29 is 27.9 Å². The number of amides is 1. The van der Waals surface area contributed by atoms with Crippen molar-refractivity contribution in [1.82, 2.24) is 15.0 Å². The van der Waals surface area contributed by atoms with Crippen molar-refractivity contribution in [2.75, 3.05) is 12.9 Å². The van der Waals surface area contributed by atoms with Gasteiger partial charge in [-0.1, -0.05) is 5.92 Å². The molecule has 0 radical (unpaired) electrons.